The molecule has 0 fully saturated rings. The second-order valence-electron chi connectivity index (χ2n) is 4.46. The number of nitrogens with zero attached hydrogens (tertiary/aromatic N) is 1. The molecular formula is C12H19N3O3S. The molecule has 1 rings (SSSR count). The average molecular weight is 285 g/mol. The Morgan fingerprint density at radius 2 is 2.21 bits per heavy atom. The lowest BCUT2D eigenvalue weighted by Gasteiger charge is -2.11. The van der Waals surface area contributed by atoms with E-state index in [1.165, 1.54) is 0 Å². The molecule has 1 aromatic rings. The summed E-state index contributed by atoms with van der Waals surface area (Å²) in [6.07, 6.45) is 0.684. The number of urea groups is 1. The highest BCUT2D eigenvalue weighted by Crippen LogP contribution is 2.07. The Kier molecular flexibility index (Phi) is 6.27. The number of carbonyl (C=O) groups excluding carboxylic acids is 1. The van der Waals surface area contributed by atoms with Crippen LogP contribution in [0.4, 0.5) is 4.79 Å². The zero-order valence-corrected chi connectivity index (χ0v) is 11.9. The first-order chi connectivity index (χ1) is 8.97. The van der Waals surface area contributed by atoms with E-state index in [1.54, 1.807) is 11.3 Å². The fourth-order valence-electron chi connectivity index (χ4n) is 1.46. The number of carboxylic acid groups (broad SMARTS) is 1. The maximum atomic E-state index is 11.5. The first-order valence-corrected chi connectivity index (χ1v) is 7.00. The van der Waals surface area contributed by atoms with Gasteiger partial charge in [0.15, 0.2) is 0 Å². The number of nitrogens with one attached hydrogen (secondary N) is 2. The van der Waals surface area contributed by atoms with Crippen LogP contribution in [0.3, 0.4) is 0 Å². The number of carboxylic acids is 1. The summed E-state index contributed by atoms with van der Waals surface area (Å²) in [5.41, 5.74) is 0.844. The van der Waals surface area contributed by atoms with Crippen LogP contribution in [0, 0.1) is 12.8 Å². The van der Waals surface area contributed by atoms with E-state index in [2.05, 4.69) is 15.6 Å². The molecule has 1 atom stereocenters. The highest BCUT2D eigenvalue weighted by molar-refractivity contribution is 7.09. The smallest absolute Gasteiger partial charge is 0.315 e. The number of hydrogen-bond acceptors (Lipinski definition) is 4. The number of rotatable bonds is 7. The monoisotopic (exact) mass is 285 g/mol. The molecule has 1 heterocycles. The summed E-state index contributed by atoms with van der Waals surface area (Å²) >= 11 is 1.55. The van der Waals surface area contributed by atoms with Crippen molar-refractivity contribution >= 4 is 23.3 Å². The van der Waals surface area contributed by atoms with Crippen LogP contribution in [-0.4, -0.2) is 28.6 Å². The van der Waals surface area contributed by atoms with E-state index in [0.29, 0.717) is 19.5 Å². The summed E-state index contributed by atoms with van der Waals surface area (Å²) < 4.78 is 0. The zero-order chi connectivity index (χ0) is 14.3. The SMILES string of the molecule is Cc1nc(CNC(=O)NCC(C)CCC(=O)O)cs1. The van der Waals surface area contributed by atoms with E-state index >= 15 is 0 Å². The van der Waals surface area contributed by atoms with Crippen LogP contribution < -0.4 is 10.6 Å². The van der Waals surface area contributed by atoms with E-state index in [0.717, 1.165) is 10.7 Å². The molecule has 2 amide bonds. The second-order valence-corrected chi connectivity index (χ2v) is 5.52. The number of aliphatic carboxylic acids is 1. The third-order valence-electron chi connectivity index (χ3n) is 2.56. The highest BCUT2D eigenvalue weighted by atomic mass is 32.1. The van der Waals surface area contributed by atoms with Gasteiger partial charge in [-0.3, -0.25) is 4.79 Å². The van der Waals surface area contributed by atoms with Crippen molar-refractivity contribution in [3.05, 3.63) is 16.1 Å². The van der Waals surface area contributed by atoms with Crippen molar-refractivity contribution in [2.24, 2.45) is 5.92 Å². The van der Waals surface area contributed by atoms with Crippen molar-refractivity contribution in [1.29, 1.82) is 0 Å². The Bertz CT molecular complexity index is 434. The summed E-state index contributed by atoms with van der Waals surface area (Å²) in [7, 11) is 0. The van der Waals surface area contributed by atoms with Crippen LogP contribution in [0.15, 0.2) is 5.38 Å². The molecule has 19 heavy (non-hydrogen) atoms. The maximum absolute atomic E-state index is 11.5. The minimum atomic E-state index is -0.810. The maximum Gasteiger partial charge on any atom is 0.315 e. The van der Waals surface area contributed by atoms with Crippen LogP contribution in [0.25, 0.3) is 0 Å². The van der Waals surface area contributed by atoms with Crippen LogP contribution in [0.5, 0.6) is 0 Å². The molecule has 106 valence electrons. The van der Waals surface area contributed by atoms with Gasteiger partial charge < -0.3 is 15.7 Å². The molecule has 0 aliphatic carbocycles. The van der Waals surface area contributed by atoms with Crippen LogP contribution >= 0.6 is 11.3 Å². The Morgan fingerprint density at radius 1 is 1.47 bits per heavy atom. The van der Waals surface area contributed by atoms with E-state index in [4.69, 9.17) is 5.11 Å². The fraction of sp³-hybridized carbons (Fsp3) is 0.583. The van der Waals surface area contributed by atoms with Crippen molar-refractivity contribution in [2.45, 2.75) is 33.2 Å². The molecule has 0 aliphatic rings. The third-order valence-corrected chi connectivity index (χ3v) is 3.38. The molecule has 0 saturated heterocycles. The fourth-order valence-corrected chi connectivity index (χ4v) is 2.07. The number of aromatic nitrogens is 1. The number of amides is 2. The molecule has 0 spiro atoms. The average Bonchev–Trinajstić information content (AvgIpc) is 2.77. The predicted molar refractivity (Wildman–Crippen MR) is 73.1 cm³/mol. The minimum Gasteiger partial charge on any atom is -0.481 e. The van der Waals surface area contributed by atoms with Crippen LogP contribution in [0.1, 0.15) is 30.5 Å². The summed E-state index contributed by atoms with van der Waals surface area (Å²) in [4.78, 5) is 26.1. The van der Waals surface area contributed by atoms with E-state index in [9.17, 15) is 9.59 Å². The molecule has 0 aromatic carbocycles. The molecule has 0 radical (unpaired) electrons. The van der Waals surface area contributed by atoms with Crippen molar-refractivity contribution < 1.29 is 14.7 Å². The summed E-state index contributed by atoms with van der Waals surface area (Å²) in [6.45, 7) is 4.69. The van der Waals surface area contributed by atoms with Gasteiger partial charge in [-0.1, -0.05) is 6.92 Å². The first-order valence-electron chi connectivity index (χ1n) is 6.12. The molecule has 0 saturated carbocycles. The molecular weight excluding hydrogens is 266 g/mol. The second kappa shape index (κ2) is 7.73. The van der Waals surface area contributed by atoms with Gasteiger partial charge in [-0.2, -0.15) is 0 Å². The molecule has 3 N–H and O–H groups in total. The van der Waals surface area contributed by atoms with Crippen molar-refractivity contribution in [2.75, 3.05) is 6.54 Å². The van der Waals surface area contributed by atoms with Gasteiger partial charge in [0.2, 0.25) is 0 Å². The van der Waals surface area contributed by atoms with E-state index < -0.39 is 5.97 Å². The van der Waals surface area contributed by atoms with Gasteiger partial charge in [0.25, 0.3) is 0 Å². The summed E-state index contributed by atoms with van der Waals surface area (Å²) in [5, 5.41) is 16.9. The highest BCUT2D eigenvalue weighted by Gasteiger charge is 2.08. The largest absolute Gasteiger partial charge is 0.481 e. The normalized spacial score (nSPS) is 11.9. The first kappa shape index (κ1) is 15.4. The van der Waals surface area contributed by atoms with E-state index in [1.807, 2.05) is 19.2 Å². The molecule has 1 aromatic heterocycles. The lowest BCUT2D eigenvalue weighted by atomic mass is 10.1. The van der Waals surface area contributed by atoms with Crippen molar-refractivity contribution in [3.8, 4) is 0 Å². The third kappa shape index (κ3) is 6.76. The summed E-state index contributed by atoms with van der Waals surface area (Å²) in [6, 6.07) is -0.257. The Hall–Kier alpha value is -1.63. The Labute approximate surface area is 116 Å². The van der Waals surface area contributed by atoms with Gasteiger partial charge in [-0.05, 0) is 19.3 Å². The topological polar surface area (TPSA) is 91.3 Å². The standard InChI is InChI=1S/C12H19N3O3S/c1-8(3-4-11(16)17)5-13-12(18)14-6-10-7-19-9(2)15-10/h7-8H,3-6H2,1-2H3,(H,16,17)(H2,13,14,18). The molecule has 7 heteroatoms. The quantitative estimate of drug-likeness (QED) is 0.711. The summed E-state index contributed by atoms with van der Waals surface area (Å²) in [5.74, 6) is -0.668. The minimum absolute atomic E-state index is 0.128. The van der Waals surface area contributed by atoms with Crippen molar-refractivity contribution in [1.82, 2.24) is 15.6 Å². The molecule has 6 nitrogen and oxygen atoms in total. The molecule has 0 aliphatic heterocycles. The zero-order valence-electron chi connectivity index (χ0n) is 11.1. The van der Waals surface area contributed by atoms with Crippen molar-refractivity contribution in [3.63, 3.8) is 0 Å². The van der Waals surface area contributed by atoms with Gasteiger partial charge in [-0.25, -0.2) is 9.78 Å². The number of carbonyl (C=O) groups is 2. The van der Waals surface area contributed by atoms with Gasteiger partial charge in [0, 0.05) is 18.3 Å². The van der Waals surface area contributed by atoms with Crippen LogP contribution in [-0.2, 0) is 11.3 Å². The van der Waals surface area contributed by atoms with Gasteiger partial charge in [-0.15, -0.1) is 11.3 Å². The molecule has 1 unspecified atom stereocenters. The number of aryl methyl sites for hydroxylation is 1. The van der Waals surface area contributed by atoms with E-state index in [-0.39, 0.29) is 18.4 Å². The Balaban J connectivity index is 2.15. The number of thiazole rings is 1. The lowest BCUT2D eigenvalue weighted by molar-refractivity contribution is -0.137. The van der Waals surface area contributed by atoms with Gasteiger partial charge >= 0.3 is 12.0 Å². The predicted octanol–water partition coefficient (Wildman–Crippen LogP) is 1.75. The van der Waals surface area contributed by atoms with Gasteiger partial charge in [0.1, 0.15) is 0 Å². The van der Waals surface area contributed by atoms with Crippen LogP contribution in [0.2, 0.25) is 0 Å². The number of hydrogen-bond donors (Lipinski definition) is 3. The lowest BCUT2D eigenvalue weighted by Crippen LogP contribution is -2.37. The molecule has 0 bridgehead atoms. The Morgan fingerprint density at radius 3 is 2.79 bits per heavy atom. The van der Waals surface area contributed by atoms with Gasteiger partial charge in [0.05, 0.1) is 17.2 Å².